The van der Waals surface area contributed by atoms with Crippen molar-refractivity contribution >= 4 is 14.3 Å². The predicted octanol–water partition coefficient (Wildman–Crippen LogP) is 9.84. The molecule has 0 aliphatic heterocycles. The lowest BCUT2D eigenvalue weighted by Gasteiger charge is -2.61. The van der Waals surface area contributed by atoms with Gasteiger partial charge >= 0.3 is 5.97 Å². The van der Waals surface area contributed by atoms with Crippen LogP contribution in [0, 0.1) is 39.9 Å². The molecule has 0 aromatic heterocycles. The first-order valence-electron chi connectivity index (χ1n) is 16.2. The van der Waals surface area contributed by atoms with Gasteiger partial charge in [0.05, 0.1) is 5.56 Å². The fourth-order valence-electron chi connectivity index (χ4n) is 9.89. The van der Waals surface area contributed by atoms with Gasteiger partial charge in [-0.15, -0.1) is 0 Å². The zero-order valence-electron chi connectivity index (χ0n) is 27.1. The molecule has 0 radical (unpaired) electrons. The molecule has 0 N–H and O–H groups in total. The van der Waals surface area contributed by atoms with Crippen molar-refractivity contribution < 1.29 is 14.0 Å². The largest absolute Gasteiger partial charge is 0.458 e. The second-order valence-corrected chi connectivity index (χ2v) is 21.2. The van der Waals surface area contributed by atoms with Gasteiger partial charge in [0.2, 0.25) is 0 Å². The van der Waals surface area contributed by atoms with Crippen molar-refractivity contribution in [2.75, 3.05) is 0 Å². The summed E-state index contributed by atoms with van der Waals surface area (Å²) in [6, 6.07) is 9.49. The normalized spacial score (nSPS) is 38.0. The van der Waals surface area contributed by atoms with E-state index in [0.717, 1.165) is 30.6 Å². The van der Waals surface area contributed by atoms with E-state index in [-0.39, 0.29) is 27.9 Å². The molecule has 0 heterocycles. The molecule has 0 amide bonds. The molecule has 0 spiro atoms. The Balaban J connectivity index is 1.35. The Kier molecular flexibility index (Phi) is 7.60. The van der Waals surface area contributed by atoms with Crippen LogP contribution < -0.4 is 0 Å². The fraction of sp³-hybridized carbons (Fsp3) is 0.750. The third-order valence-corrected chi connectivity index (χ3v) is 17.6. The molecule has 2 unspecified atom stereocenters. The molecule has 0 saturated heterocycles. The molecule has 1 aromatic carbocycles. The van der Waals surface area contributed by atoms with Crippen molar-refractivity contribution in [2.24, 2.45) is 39.9 Å². The van der Waals surface area contributed by atoms with E-state index in [0.29, 0.717) is 23.0 Å². The monoisotopic (exact) mass is 564 g/mol. The lowest BCUT2D eigenvalue weighted by Crippen LogP contribution is -2.55. The third kappa shape index (κ3) is 4.77. The van der Waals surface area contributed by atoms with E-state index in [2.05, 4.69) is 74.6 Å². The second kappa shape index (κ2) is 10.1. The maximum absolute atomic E-state index is 13.0. The molecule has 3 nitrogen and oxygen atoms in total. The van der Waals surface area contributed by atoms with Crippen LogP contribution in [0.2, 0.25) is 18.1 Å². The molecule has 4 aliphatic rings. The van der Waals surface area contributed by atoms with Gasteiger partial charge in [0.15, 0.2) is 8.32 Å². The van der Waals surface area contributed by atoms with E-state index < -0.39 is 8.32 Å². The molecule has 4 aliphatic carbocycles. The number of ether oxygens (including phenoxy) is 1. The van der Waals surface area contributed by atoms with Crippen LogP contribution in [-0.4, -0.2) is 26.5 Å². The first-order chi connectivity index (χ1) is 18.5. The summed E-state index contributed by atoms with van der Waals surface area (Å²) in [5, 5.41) is 0.248. The Morgan fingerprint density at radius 1 is 0.950 bits per heavy atom. The van der Waals surface area contributed by atoms with Crippen molar-refractivity contribution in [1.82, 2.24) is 0 Å². The summed E-state index contributed by atoms with van der Waals surface area (Å²) in [5.41, 5.74) is 2.64. The van der Waals surface area contributed by atoms with Crippen molar-refractivity contribution in [1.29, 1.82) is 0 Å². The smallest absolute Gasteiger partial charge is 0.338 e. The Hall–Kier alpha value is -1.39. The van der Waals surface area contributed by atoms with E-state index in [9.17, 15) is 4.79 Å². The highest BCUT2D eigenvalue weighted by atomic mass is 28.4. The summed E-state index contributed by atoms with van der Waals surface area (Å²) in [5.74, 6) is 2.75. The maximum Gasteiger partial charge on any atom is 0.338 e. The van der Waals surface area contributed by atoms with Crippen molar-refractivity contribution in [2.45, 2.75) is 131 Å². The summed E-state index contributed by atoms with van der Waals surface area (Å²) >= 11 is 0. The molecule has 40 heavy (non-hydrogen) atoms. The third-order valence-electron chi connectivity index (χ3n) is 13.1. The topological polar surface area (TPSA) is 35.5 Å². The van der Waals surface area contributed by atoms with Crippen molar-refractivity contribution in [3.8, 4) is 0 Å². The minimum Gasteiger partial charge on any atom is -0.458 e. The van der Waals surface area contributed by atoms with Crippen molar-refractivity contribution in [3.05, 3.63) is 47.5 Å². The summed E-state index contributed by atoms with van der Waals surface area (Å²) in [6.45, 7) is 24.2. The molecule has 0 bridgehead atoms. The summed E-state index contributed by atoms with van der Waals surface area (Å²) < 4.78 is 13.3. The van der Waals surface area contributed by atoms with E-state index in [1.54, 1.807) is 5.57 Å². The molecular weight excluding hydrogens is 508 g/mol. The van der Waals surface area contributed by atoms with Crippen LogP contribution >= 0.6 is 0 Å². The van der Waals surface area contributed by atoms with E-state index in [1.807, 2.05) is 30.3 Å². The van der Waals surface area contributed by atoms with E-state index in [1.165, 1.54) is 32.1 Å². The standard InChI is InChI=1S/C36H56O3Si/c1-24(39-40(9,10)33(2,3)4)27-17-18-28-26-16-19-30-34(5,6)31(38-32(37)25-14-12-11-13-15-25)21-23-36(30,8)29(26)20-22-35(27,28)7/h11-15,19,24,26-29,31H,16-18,20-23H2,1-10H3/t24?,26-,27+,28-,29-,31?,35+,36+/m0/s1. The van der Waals surface area contributed by atoms with Gasteiger partial charge in [0, 0.05) is 11.5 Å². The average Bonchev–Trinajstić information content (AvgIpc) is 3.23. The number of hydrogen-bond acceptors (Lipinski definition) is 3. The van der Waals surface area contributed by atoms with Gasteiger partial charge < -0.3 is 9.16 Å². The lowest BCUT2D eigenvalue weighted by atomic mass is 9.44. The number of benzene rings is 1. The number of carbonyl (C=O) groups is 1. The zero-order chi connectivity index (χ0) is 29.3. The quantitative estimate of drug-likeness (QED) is 0.203. The van der Waals surface area contributed by atoms with Gasteiger partial charge in [-0.25, -0.2) is 4.79 Å². The molecule has 3 fully saturated rings. The van der Waals surface area contributed by atoms with Gasteiger partial charge in [-0.05, 0) is 117 Å². The molecular formula is C36H56O3Si. The highest BCUT2D eigenvalue weighted by Crippen LogP contribution is 2.69. The zero-order valence-corrected chi connectivity index (χ0v) is 28.1. The van der Waals surface area contributed by atoms with Crippen LogP contribution in [0.5, 0.6) is 0 Å². The van der Waals surface area contributed by atoms with Gasteiger partial charge in [0.25, 0.3) is 0 Å². The Morgan fingerprint density at radius 2 is 1.62 bits per heavy atom. The van der Waals surface area contributed by atoms with Crippen LogP contribution in [-0.2, 0) is 9.16 Å². The summed E-state index contributed by atoms with van der Waals surface area (Å²) in [7, 11) is -1.80. The van der Waals surface area contributed by atoms with Gasteiger partial charge in [-0.3, -0.25) is 0 Å². The Labute approximate surface area is 246 Å². The summed E-state index contributed by atoms with van der Waals surface area (Å²) in [6.07, 6.45) is 11.4. The summed E-state index contributed by atoms with van der Waals surface area (Å²) in [4.78, 5) is 13.0. The molecule has 3 saturated carbocycles. The van der Waals surface area contributed by atoms with Gasteiger partial charge in [-0.1, -0.05) is 78.3 Å². The predicted molar refractivity (Wildman–Crippen MR) is 168 cm³/mol. The molecule has 5 rings (SSSR count). The van der Waals surface area contributed by atoms with Crippen LogP contribution in [0.3, 0.4) is 0 Å². The van der Waals surface area contributed by atoms with Crippen LogP contribution in [0.1, 0.15) is 111 Å². The van der Waals surface area contributed by atoms with Crippen LogP contribution in [0.25, 0.3) is 0 Å². The number of esters is 1. The maximum atomic E-state index is 13.0. The highest BCUT2D eigenvalue weighted by molar-refractivity contribution is 6.74. The van der Waals surface area contributed by atoms with Crippen molar-refractivity contribution in [3.63, 3.8) is 0 Å². The minimum atomic E-state index is -1.80. The van der Waals surface area contributed by atoms with E-state index in [4.69, 9.17) is 9.16 Å². The lowest BCUT2D eigenvalue weighted by molar-refractivity contribution is -0.0869. The second-order valence-electron chi connectivity index (χ2n) is 16.5. The molecule has 222 valence electrons. The first-order valence-corrected chi connectivity index (χ1v) is 19.1. The minimum absolute atomic E-state index is 0.0749. The van der Waals surface area contributed by atoms with Gasteiger partial charge in [-0.2, -0.15) is 0 Å². The number of fused-ring (bicyclic) bond motifs is 5. The van der Waals surface area contributed by atoms with Crippen LogP contribution in [0.15, 0.2) is 42.0 Å². The SMILES string of the molecule is CC(O[Si](C)(C)C(C)(C)C)[C@H]1CC[C@H]2[C@@H]3CC=C4C(C)(C)C(OC(=O)c5ccccc5)CC[C@]4(C)[C@H]3CC[C@]12C. The number of allylic oxidation sites excluding steroid dienone is 1. The number of hydrogen-bond donors (Lipinski definition) is 0. The number of carbonyl (C=O) groups excluding carboxylic acids is 1. The first kappa shape index (κ1) is 30.1. The molecule has 4 heteroatoms. The fourth-order valence-corrected chi connectivity index (χ4v) is 11.3. The number of rotatable bonds is 5. The van der Waals surface area contributed by atoms with Gasteiger partial charge in [0.1, 0.15) is 6.10 Å². The Morgan fingerprint density at radius 3 is 2.27 bits per heavy atom. The Bertz CT molecular complexity index is 1130. The highest BCUT2D eigenvalue weighted by Gasteiger charge is 2.62. The average molecular weight is 565 g/mol. The molecule has 8 atom stereocenters. The molecule has 1 aromatic rings. The van der Waals surface area contributed by atoms with E-state index >= 15 is 0 Å². The van der Waals surface area contributed by atoms with Crippen LogP contribution in [0.4, 0.5) is 0 Å².